The molecule has 1 heterocycles. The van der Waals surface area contributed by atoms with Gasteiger partial charge < -0.3 is 21.1 Å². The Hall–Kier alpha value is -2.60. The van der Waals surface area contributed by atoms with Gasteiger partial charge in [0.25, 0.3) is 0 Å². The zero-order chi connectivity index (χ0) is 15.1. The maximum atomic E-state index is 11.1. The Bertz CT molecular complexity index is 599. The van der Waals surface area contributed by atoms with Crippen LogP contribution in [0.5, 0.6) is 5.75 Å². The lowest BCUT2D eigenvalue weighted by Crippen LogP contribution is -2.22. The number of benzene rings is 1. The molecular formula is C15H18N4O2. The average Bonchev–Trinajstić information content (AvgIpc) is 2.54. The van der Waals surface area contributed by atoms with E-state index in [9.17, 15) is 4.79 Å². The van der Waals surface area contributed by atoms with Crippen molar-refractivity contribution in [2.45, 2.75) is 6.54 Å². The quantitative estimate of drug-likeness (QED) is 0.750. The molecule has 1 aromatic carbocycles. The van der Waals surface area contributed by atoms with Crippen molar-refractivity contribution in [2.75, 3.05) is 24.3 Å². The average molecular weight is 286 g/mol. The van der Waals surface area contributed by atoms with Crippen LogP contribution in [0.25, 0.3) is 0 Å². The van der Waals surface area contributed by atoms with Gasteiger partial charge in [-0.2, -0.15) is 0 Å². The van der Waals surface area contributed by atoms with Crippen molar-refractivity contribution in [1.29, 1.82) is 0 Å². The number of nitrogens with two attached hydrogens (primary N) is 1. The monoisotopic (exact) mass is 286 g/mol. The number of aromatic nitrogens is 1. The number of para-hydroxylation sites is 1. The molecule has 2 aromatic rings. The van der Waals surface area contributed by atoms with Gasteiger partial charge >= 0.3 is 0 Å². The number of anilines is 2. The van der Waals surface area contributed by atoms with E-state index in [4.69, 9.17) is 10.5 Å². The molecule has 1 amide bonds. The van der Waals surface area contributed by atoms with Gasteiger partial charge in [-0.3, -0.25) is 4.79 Å². The lowest BCUT2D eigenvalue weighted by atomic mass is 10.2. The maximum absolute atomic E-state index is 11.1. The fourth-order valence-corrected chi connectivity index (χ4v) is 1.81. The second-order valence-corrected chi connectivity index (χ2v) is 4.35. The van der Waals surface area contributed by atoms with E-state index in [0.29, 0.717) is 12.4 Å². The standard InChI is InChI=1S/C15H18N4O2/c1-21-13-5-3-2-4-11(13)9-17-12-6-7-14(18-10-12)19-15(20)8-16/h2-7,10,17H,8-9,16H2,1H3,(H,18,19,20). The van der Waals surface area contributed by atoms with Gasteiger partial charge in [-0.1, -0.05) is 18.2 Å². The number of rotatable bonds is 6. The van der Waals surface area contributed by atoms with Crippen molar-refractivity contribution in [2.24, 2.45) is 5.73 Å². The van der Waals surface area contributed by atoms with E-state index in [1.54, 1.807) is 19.4 Å². The third-order valence-electron chi connectivity index (χ3n) is 2.89. The predicted octanol–water partition coefficient (Wildman–Crippen LogP) is 1.60. The molecule has 0 aliphatic rings. The van der Waals surface area contributed by atoms with Gasteiger partial charge in [-0.15, -0.1) is 0 Å². The number of methoxy groups -OCH3 is 1. The van der Waals surface area contributed by atoms with Gasteiger partial charge in [0.2, 0.25) is 5.91 Å². The summed E-state index contributed by atoms with van der Waals surface area (Å²) in [6.07, 6.45) is 1.65. The highest BCUT2D eigenvalue weighted by atomic mass is 16.5. The van der Waals surface area contributed by atoms with Crippen molar-refractivity contribution < 1.29 is 9.53 Å². The molecule has 4 N–H and O–H groups in total. The van der Waals surface area contributed by atoms with Crippen LogP contribution in [0, 0.1) is 0 Å². The van der Waals surface area contributed by atoms with Gasteiger partial charge in [0.05, 0.1) is 25.5 Å². The fraction of sp³-hybridized carbons (Fsp3) is 0.200. The number of carbonyl (C=O) groups excluding carboxylic acids is 1. The maximum Gasteiger partial charge on any atom is 0.239 e. The summed E-state index contributed by atoms with van der Waals surface area (Å²) in [5, 5.41) is 5.84. The molecule has 1 aromatic heterocycles. The molecule has 0 atom stereocenters. The molecule has 6 nitrogen and oxygen atoms in total. The molecule has 0 saturated carbocycles. The molecule has 2 rings (SSSR count). The normalized spacial score (nSPS) is 10.0. The van der Waals surface area contributed by atoms with Crippen molar-refractivity contribution in [3.63, 3.8) is 0 Å². The van der Waals surface area contributed by atoms with Crippen LogP contribution in [0.1, 0.15) is 5.56 Å². The number of hydrogen-bond acceptors (Lipinski definition) is 5. The Labute approximate surface area is 123 Å². The highest BCUT2D eigenvalue weighted by Gasteiger charge is 2.03. The van der Waals surface area contributed by atoms with Crippen LogP contribution in [-0.2, 0) is 11.3 Å². The van der Waals surface area contributed by atoms with Gasteiger partial charge in [-0.25, -0.2) is 4.98 Å². The summed E-state index contributed by atoms with van der Waals surface area (Å²) in [7, 11) is 1.65. The van der Waals surface area contributed by atoms with E-state index in [-0.39, 0.29) is 12.5 Å². The van der Waals surface area contributed by atoms with Crippen LogP contribution >= 0.6 is 0 Å². The van der Waals surface area contributed by atoms with Crippen molar-refractivity contribution in [3.05, 3.63) is 48.2 Å². The molecular weight excluding hydrogens is 268 g/mol. The summed E-state index contributed by atoms with van der Waals surface area (Å²) in [4.78, 5) is 15.3. The van der Waals surface area contributed by atoms with Crippen molar-refractivity contribution in [3.8, 4) is 5.75 Å². The summed E-state index contributed by atoms with van der Waals surface area (Å²) >= 11 is 0. The minimum atomic E-state index is -0.266. The van der Waals surface area contributed by atoms with Gasteiger partial charge in [0, 0.05) is 12.1 Å². The zero-order valence-electron chi connectivity index (χ0n) is 11.8. The lowest BCUT2D eigenvalue weighted by Gasteiger charge is -2.10. The number of carbonyl (C=O) groups is 1. The summed E-state index contributed by atoms with van der Waals surface area (Å²) in [5.74, 6) is 1.05. The van der Waals surface area contributed by atoms with Crippen LogP contribution in [0.15, 0.2) is 42.6 Å². The number of ether oxygens (including phenoxy) is 1. The van der Waals surface area contributed by atoms with E-state index in [0.717, 1.165) is 17.0 Å². The molecule has 21 heavy (non-hydrogen) atoms. The Kier molecular flexibility index (Phi) is 5.11. The van der Waals surface area contributed by atoms with Crippen molar-refractivity contribution in [1.82, 2.24) is 4.98 Å². The Morgan fingerprint density at radius 2 is 2.10 bits per heavy atom. The molecule has 0 fully saturated rings. The van der Waals surface area contributed by atoms with Gasteiger partial charge in [-0.05, 0) is 18.2 Å². The Morgan fingerprint density at radius 1 is 1.29 bits per heavy atom. The van der Waals surface area contributed by atoms with E-state index in [1.165, 1.54) is 0 Å². The first-order valence-corrected chi connectivity index (χ1v) is 6.54. The highest BCUT2D eigenvalue weighted by molar-refractivity contribution is 5.91. The molecule has 0 spiro atoms. The molecule has 0 radical (unpaired) electrons. The topological polar surface area (TPSA) is 89.3 Å². The molecule has 0 aliphatic heterocycles. The van der Waals surface area contributed by atoms with E-state index in [1.807, 2.05) is 30.3 Å². The first kappa shape index (κ1) is 14.8. The van der Waals surface area contributed by atoms with Crippen molar-refractivity contribution >= 4 is 17.4 Å². The highest BCUT2D eigenvalue weighted by Crippen LogP contribution is 2.19. The molecule has 0 saturated heterocycles. The second-order valence-electron chi connectivity index (χ2n) is 4.35. The number of pyridine rings is 1. The summed E-state index contributed by atoms with van der Waals surface area (Å²) < 4.78 is 5.29. The van der Waals surface area contributed by atoms with Crippen LogP contribution < -0.4 is 21.1 Å². The first-order chi connectivity index (χ1) is 10.2. The first-order valence-electron chi connectivity index (χ1n) is 6.54. The molecule has 110 valence electrons. The summed E-state index contributed by atoms with van der Waals surface area (Å²) in [5.41, 5.74) is 7.13. The van der Waals surface area contributed by atoms with Gasteiger partial charge in [0.1, 0.15) is 11.6 Å². The Morgan fingerprint density at radius 3 is 2.76 bits per heavy atom. The van der Waals surface area contributed by atoms with Crippen LogP contribution in [0.3, 0.4) is 0 Å². The zero-order valence-corrected chi connectivity index (χ0v) is 11.8. The molecule has 6 heteroatoms. The number of amides is 1. The third kappa shape index (κ3) is 4.19. The minimum absolute atomic E-state index is 0.0600. The smallest absolute Gasteiger partial charge is 0.239 e. The second kappa shape index (κ2) is 7.25. The largest absolute Gasteiger partial charge is 0.496 e. The van der Waals surface area contributed by atoms with Crippen LogP contribution in [-0.4, -0.2) is 24.5 Å². The van der Waals surface area contributed by atoms with Crippen LogP contribution in [0.4, 0.5) is 11.5 Å². The predicted molar refractivity (Wildman–Crippen MR) is 82.2 cm³/mol. The fourth-order valence-electron chi connectivity index (χ4n) is 1.81. The summed E-state index contributed by atoms with van der Waals surface area (Å²) in [6, 6.07) is 11.4. The SMILES string of the molecule is COc1ccccc1CNc1ccc(NC(=O)CN)nc1. The molecule has 0 unspecified atom stereocenters. The van der Waals surface area contributed by atoms with Gasteiger partial charge in [0.15, 0.2) is 0 Å². The number of nitrogens with zero attached hydrogens (tertiary/aromatic N) is 1. The number of nitrogens with one attached hydrogen (secondary N) is 2. The minimum Gasteiger partial charge on any atom is -0.496 e. The summed E-state index contributed by atoms with van der Waals surface area (Å²) in [6.45, 7) is 0.565. The Balaban J connectivity index is 1.96. The number of hydrogen-bond donors (Lipinski definition) is 3. The third-order valence-corrected chi connectivity index (χ3v) is 2.89. The van der Waals surface area contributed by atoms with E-state index in [2.05, 4.69) is 15.6 Å². The molecule has 0 aliphatic carbocycles. The molecule has 0 bridgehead atoms. The van der Waals surface area contributed by atoms with Crippen LogP contribution in [0.2, 0.25) is 0 Å². The van der Waals surface area contributed by atoms with E-state index < -0.39 is 0 Å². The lowest BCUT2D eigenvalue weighted by molar-refractivity contribution is -0.114. The van der Waals surface area contributed by atoms with E-state index >= 15 is 0 Å².